The fraction of sp³-hybridized carbons (Fsp3) is 0.214. The van der Waals surface area contributed by atoms with E-state index in [1.54, 1.807) is 0 Å². The van der Waals surface area contributed by atoms with Gasteiger partial charge in [-0.2, -0.15) is 10.4 Å². The van der Waals surface area contributed by atoms with Crippen LogP contribution in [0.1, 0.15) is 22.4 Å². The largest absolute Gasteiger partial charge is 0.471 e. The van der Waals surface area contributed by atoms with Crippen molar-refractivity contribution in [1.29, 1.82) is 5.26 Å². The van der Waals surface area contributed by atoms with Crippen LogP contribution >= 0.6 is 15.9 Å². The van der Waals surface area contributed by atoms with E-state index in [0.29, 0.717) is 12.2 Å². The summed E-state index contributed by atoms with van der Waals surface area (Å²) in [6, 6.07) is 9.87. The molecular formula is C14H12BrN3O. The van der Waals surface area contributed by atoms with Gasteiger partial charge in [0.1, 0.15) is 18.2 Å². The van der Waals surface area contributed by atoms with Crippen molar-refractivity contribution in [2.24, 2.45) is 0 Å². The number of aromatic nitrogens is 2. The van der Waals surface area contributed by atoms with Gasteiger partial charge in [0.05, 0.1) is 5.69 Å². The number of aryl methyl sites for hydroxylation is 1. The minimum absolute atomic E-state index is 0.279. The zero-order valence-corrected chi connectivity index (χ0v) is 12.2. The quantitative estimate of drug-likeness (QED) is 0.871. The Morgan fingerprint density at radius 3 is 2.68 bits per heavy atom. The minimum Gasteiger partial charge on any atom is -0.471 e. The number of rotatable bonds is 3. The van der Waals surface area contributed by atoms with E-state index in [-0.39, 0.29) is 5.88 Å². The highest BCUT2D eigenvalue weighted by atomic mass is 79.9. The summed E-state index contributed by atoms with van der Waals surface area (Å²) in [6.07, 6.45) is 0. The van der Waals surface area contributed by atoms with Crippen LogP contribution in [0.4, 0.5) is 0 Å². The second-order valence-electron chi connectivity index (χ2n) is 4.08. The molecule has 0 aliphatic rings. The maximum Gasteiger partial charge on any atom is 0.252 e. The van der Waals surface area contributed by atoms with Crippen molar-refractivity contribution in [2.45, 2.75) is 20.5 Å². The van der Waals surface area contributed by atoms with Crippen LogP contribution in [-0.4, -0.2) is 10.2 Å². The molecule has 1 heterocycles. The summed E-state index contributed by atoms with van der Waals surface area (Å²) < 4.78 is 6.57. The summed E-state index contributed by atoms with van der Waals surface area (Å²) >= 11 is 3.45. The Hall–Kier alpha value is -1.93. The van der Waals surface area contributed by atoms with Crippen LogP contribution in [0.25, 0.3) is 0 Å². The molecule has 4 nitrogen and oxygen atoms in total. The molecule has 0 N–H and O–H groups in total. The van der Waals surface area contributed by atoms with Gasteiger partial charge in [-0.05, 0) is 25.5 Å². The van der Waals surface area contributed by atoms with E-state index >= 15 is 0 Å². The third-order valence-corrected chi connectivity index (χ3v) is 3.63. The van der Waals surface area contributed by atoms with E-state index in [1.165, 1.54) is 0 Å². The standard InChI is InChI=1S/C14H12BrN3O/c1-9-10(2)17-18-14(12(9)7-16)19-8-11-5-3-4-6-13(11)15/h3-6H,8H2,1-2H3. The molecule has 19 heavy (non-hydrogen) atoms. The van der Waals surface area contributed by atoms with Gasteiger partial charge >= 0.3 is 0 Å². The van der Waals surface area contributed by atoms with E-state index in [9.17, 15) is 0 Å². The molecule has 0 bridgehead atoms. The number of benzene rings is 1. The van der Waals surface area contributed by atoms with Gasteiger partial charge in [0.25, 0.3) is 5.88 Å². The molecule has 1 aromatic heterocycles. The predicted octanol–water partition coefficient (Wildman–Crippen LogP) is 3.31. The van der Waals surface area contributed by atoms with Crippen molar-refractivity contribution in [1.82, 2.24) is 10.2 Å². The molecule has 0 fully saturated rings. The Morgan fingerprint density at radius 2 is 2.00 bits per heavy atom. The highest BCUT2D eigenvalue weighted by molar-refractivity contribution is 9.10. The molecule has 0 unspecified atom stereocenters. The summed E-state index contributed by atoms with van der Waals surface area (Å²) in [5.74, 6) is 0.279. The number of nitrogens with zero attached hydrogens (tertiary/aromatic N) is 3. The average molecular weight is 318 g/mol. The topological polar surface area (TPSA) is 58.8 Å². The lowest BCUT2D eigenvalue weighted by Crippen LogP contribution is -2.04. The molecule has 0 aliphatic carbocycles. The first-order valence-electron chi connectivity index (χ1n) is 5.73. The Labute approximate surface area is 120 Å². The van der Waals surface area contributed by atoms with Crippen molar-refractivity contribution in [3.8, 4) is 11.9 Å². The van der Waals surface area contributed by atoms with E-state index < -0.39 is 0 Å². The molecule has 0 spiro atoms. The molecule has 0 saturated carbocycles. The van der Waals surface area contributed by atoms with E-state index in [0.717, 1.165) is 21.3 Å². The summed E-state index contributed by atoms with van der Waals surface area (Å²) in [5, 5.41) is 17.1. The van der Waals surface area contributed by atoms with Gasteiger partial charge in [0, 0.05) is 10.0 Å². The van der Waals surface area contributed by atoms with Crippen molar-refractivity contribution < 1.29 is 4.74 Å². The second kappa shape index (κ2) is 5.81. The van der Waals surface area contributed by atoms with Crippen LogP contribution in [0, 0.1) is 25.2 Å². The zero-order valence-electron chi connectivity index (χ0n) is 10.6. The molecule has 2 rings (SSSR count). The Kier molecular flexibility index (Phi) is 4.13. The van der Waals surface area contributed by atoms with Crippen molar-refractivity contribution >= 4 is 15.9 Å². The molecule has 96 valence electrons. The zero-order chi connectivity index (χ0) is 13.8. The Balaban J connectivity index is 2.24. The normalized spacial score (nSPS) is 10.0. The van der Waals surface area contributed by atoms with Crippen LogP contribution < -0.4 is 4.74 Å². The minimum atomic E-state index is 0.279. The molecule has 0 atom stereocenters. The number of nitriles is 1. The average Bonchev–Trinajstić information content (AvgIpc) is 2.41. The van der Waals surface area contributed by atoms with Gasteiger partial charge in [-0.15, -0.1) is 5.10 Å². The van der Waals surface area contributed by atoms with E-state index in [4.69, 9.17) is 10.00 Å². The molecule has 5 heteroatoms. The molecule has 0 radical (unpaired) electrons. The molecule has 0 aliphatic heterocycles. The first-order chi connectivity index (χ1) is 9.13. The molecular weight excluding hydrogens is 306 g/mol. The first kappa shape index (κ1) is 13.5. The summed E-state index contributed by atoms with van der Waals surface area (Å²) in [7, 11) is 0. The van der Waals surface area contributed by atoms with Crippen LogP contribution in [0.5, 0.6) is 5.88 Å². The fourth-order valence-corrected chi connectivity index (χ4v) is 1.98. The highest BCUT2D eigenvalue weighted by Gasteiger charge is 2.12. The SMILES string of the molecule is Cc1nnc(OCc2ccccc2Br)c(C#N)c1C. The maximum absolute atomic E-state index is 9.17. The number of hydrogen-bond donors (Lipinski definition) is 0. The Bertz CT molecular complexity index is 650. The second-order valence-corrected chi connectivity index (χ2v) is 4.94. The molecule has 0 saturated heterocycles. The summed E-state index contributed by atoms with van der Waals surface area (Å²) in [4.78, 5) is 0. The fourth-order valence-electron chi connectivity index (χ4n) is 1.58. The number of ether oxygens (including phenoxy) is 1. The van der Waals surface area contributed by atoms with Gasteiger partial charge in [-0.1, -0.05) is 34.1 Å². The third-order valence-electron chi connectivity index (χ3n) is 2.86. The van der Waals surface area contributed by atoms with E-state index in [1.807, 2.05) is 38.1 Å². The van der Waals surface area contributed by atoms with Crippen molar-refractivity contribution in [3.05, 3.63) is 51.1 Å². The van der Waals surface area contributed by atoms with Crippen molar-refractivity contribution in [2.75, 3.05) is 0 Å². The monoisotopic (exact) mass is 317 g/mol. The maximum atomic E-state index is 9.17. The number of halogens is 1. The highest BCUT2D eigenvalue weighted by Crippen LogP contribution is 2.22. The van der Waals surface area contributed by atoms with Crippen molar-refractivity contribution in [3.63, 3.8) is 0 Å². The van der Waals surface area contributed by atoms with E-state index in [2.05, 4.69) is 32.2 Å². The van der Waals surface area contributed by atoms with Gasteiger partial charge in [0.15, 0.2) is 0 Å². The van der Waals surface area contributed by atoms with Gasteiger partial charge in [0.2, 0.25) is 0 Å². The third kappa shape index (κ3) is 2.91. The summed E-state index contributed by atoms with van der Waals surface area (Å²) in [6.45, 7) is 4.00. The smallest absolute Gasteiger partial charge is 0.252 e. The Morgan fingerprint density at radius 1 is 1.26 bits per heavy atom. The van der Waals surface area contributed by atoms with Crippen LogP contribution in [0.15, 0.2) is 28.7 Å². The van der Waals surface area contributed by atoms with Crippen LogP contribution in [-0.2, 0) is 6.61 Å². The first-order valence-corrected chi connectivity index (χ1v) is 6.53. The lowest BCUT2D eigenvalue weighted by molar-refractivity contribution is 0.288. The predicted molar refractivity (Wildman–Crippen MR) is 74.7 cm³/mol. The summed E-state index contributed by atoms with van der Waals surface area (Å²) in [5.41, 5.74) is 2.98. The lowest BCUT2D eigenvalue weighted by atomic mass is 10.1. The molecule has 2 aromatic rings. The van der Waals surface area contributed by atoms with Crippen LogP contribution in [0.2, 0.25) is 0 Å². The van der Waals surface area contributed by atoms with Gasteiger partial charge in [-0.25, -0.2) is 0 Å². The van der Waals surface area contributed by atoms with Gasteiger partial charge in [-0.3, -0.25) is 0 Å². The lowest BCUT2D eigenvalue weighted by Gasteiger charge is -2.09. The number of hydrogen-bond acceptors (Lipinski definition) is 4. The van der Waals surface area contributed by atoms with Gasteiger partial charge < -0.3 is 4.74 Å². The molecule has 0 amide bonds. The van der Waals surface area contributed by atoms with Crippen LogP contribution in [0.3, 0.4) is 0 Å². The molecule has 1 aromatic carbocycles.